The Morgan fingerprint density at radius 3 is 2.88 bits per heavy atom. The normalized spacial score (nSPS) is 11.9. The number of thiophene rings is 1. The molecule has 3 aromatic rings. The second-order valence-electron chi connectivity index (χ2n) is 4.92. The minimum atomic E-state index is -0.741. The second kappa shape index (κ2) is 7.22. The van der Waals surface area contributed by atoms with Crippen LogP contribution in [0, 0.1) is 5.82 Å². The number of hydrogen-bond donors (Lipinski definition) is 1. The molecule has 1 atom stereocenters. The lowest BCUT2D eigenvalue weighted by molar-refractivity contribution is -0.127. The zero-order chi connectivity index (χ0) is 16.9. The van der Waals surface area contributed by atoms with Gasteiger partial charge in [0.2, 0.25) is 11.7 Å². The largest absolute Gasteiger partial charge is 0.481 e. The van der Waals surface area contributed by atoms with Gasteiger partial charge >= 0.3 is 0 Å². The number of benzene rings is 1. The van der Waals surface area contributed by atoms with Crippen molar-refractivity contribution < 1.29 is 18.4 Å². The molecule has 1 amide bonds. The summed E-state index contributed by atoms with van der Waals surface area (Å²) in [5.41, 5.74) is 0. The monoisotopic (exact) mass is 347 g/mol. The maximum atomic E-state index is 12.8. The van der Waals surface area contributed by atoms with Gasteiger partial charge in [-0.25, -0.2) is 4.39 Å². The molecular weight excluding hydrogens is 333 g/mol. The molecule has 8 heteroatoms. The highest BCUT2D eigenvalue weighted by molar-refractivity contribution is 7.13. The van der Waals surface area contributed by atoms with Crippen molar-refractivity contribution in [1.29, 1.82) is 0 Å². The summed E-state index contributed by atoms with van der Waals surface area (Å²) in [5.74, 6) is 0.509. The average Bonchev–Trinajstić information content (AvgIpc) is 3.25. The molecule has 0 spiro atoms. The summed E-state index contributed by atoms with van der Waals surface area (Å²) in [7, 11) is 0. The van der Waals surface area contributed by atoms with Gasteiger partial charge in [0.15, 0.2) is 6.10 Å². The maximum absolute atomic E-state index is 12.8. The highest BCUT2D eigenvalue weighted by Crippen LogP contribution is 2.21. The molecule has 1 N–H and O–H groups in total. The van der Waals surface area contributed by atoms with Gasteiger partial charge < -0.3 is 14.6 Å². The summed E-state index contributed by atoms with van der Waals surface area (Å²) in [4.78, 5) is 17.1. The first-order valence-electron chi connectivity index (χ1n) is 7.18. The number of ether oxygens (including phenoxy) is 1. The highest BCUT2D eigenvalue weighted by Gasteiger charge is 2.16. The van der Waals surface area contributed by atoms with E-state index in [1.807, 2.05) is 17.5 Å². The van der Waals surface area contributed by atoms with Crippen LogP contribution in [0.1, 0.15) is 12.8 Å². The van der Waals surface area contributed by atoms with Gasteiger partial charge in [-0.2, -0.15) is 4.98 Å². The van der Waals surface area contributed by atoms with Crippen LogP contribution in [0.4, 0.5) is 4.39 Å². The van der Waals surface area contributed by atoms with E-state index < -0.39 is 6.10 Å². The predicted octanol–water partition coefficient (Wildman–Crippen LogP) is 3.02. The molecule has 0 aliphatic rings. The van der Waals surface area contributed by atoms with E-state index >= 15 is 0 Å². The fraction of sp³-hybridized carbons (Fsp3) is 0.188. The van der Waals surface area contributed by atoms with Gasteiger partial charge in [-0.15, -0.1) is 11.3 Å². The molecule has 3 rings (SSSR count). The highest BCUT2D eigenvalue weighted by atomic mass is 32.1. The second-order valence-corrected chi connectivity index (χ2v) is 5.87. The van der Waals surface area contributed by atoms with Gasteiger partial charge in [-0.05, 0) is 42.6 Å². The van der Waals surface area contributed by atoms with Crippen molar-refractivity contribution in [2.45, 2.75) is 19.6 Å². The van der Waals surface area contributed by atoms with Crippen molar-refractivity contribution in [3.8, 4) is 16.5 Å². The number of amides is 1. The van der Waals surface area contributed by atoms with Gasteiger partial charge in [-0.3, -0.25) is 4.79 Å². The molecule has 0 aliphatic carbocycles. The standard InChI is InChI=1S/C16H14FN3O3S/c1-10(22-12-6-4-11(17)5-7-12)16(21)18-9-14-19-15(20-23-14)13-3-2-8-24-13/h2-8,10H,9H2,1H3,(H,18,21)/t10-/m0/s1. The number of carbonyl (C=O) groups excluding carboxylic acids is 1. The molecule has 2 aromatic heterocycles. The summed E-state index contributed by atoms with van der Waals surface area (Å²) in [5, 5.41) is 8.44. The molecule has 2 heterocycles. The van der Waals surface area contributed by atoms with E-state index in [9.17, 15) is 9.18 Å². The van der Waals surface area contributed by atoms with Crippen LogP contribution in [-0.2, 0) is 11.3 Å². The van der Waals surface area contributed by atoms with Gasteiger partial charge in [0.1, 0.15) is 11.6 Å². The van der Waals surface area contributed by atoms with Crippen LogP contribution in [0.3, 0.4) is 0 Å². The summed E-state index contributed by atoms with van der Waals surface area (Å²) in [6.07, 6.45) is -0.741. The lowest BCUT2D eigenvalue weighted by Crippen LogP contribution is -2.35. The van der Waals surface area contributed by atoms with Crippen LogP contribution < -0.4 is 10.1 Å². The lowest BCUT2D eigenvalue weighted by atomic mass is 10.3. The first-order chi connectivity index (χ1) is 11.6. The summed E-state index contributed by atoms with van der Waals surface area (Å²) in [6, 6.07) is 9.24. The van der Waals surface area contributed by atoms with Crippen LogP contribution in [0.15, 0.2) is 46.3 Å². The molecule has 1 aromatic carbocycles. The molecular formula is C16H14FN3O3S. The van der Waals surface area contributed by atoms with Gasteiger partial charge in [-0.1, -0.05) is 11.2 Å². The first kappa shape index (κ1) is 16.1. The number of carbonyl (C=O) groups is 1. The number of hydrogen-bond acceptors (Lipinski definition) is 6. The number of rotatable bonds is 6. The molecule has 0 aliphatic heterocycles. The van der Waals surface area contributed by atoms with Crippen molar-refractivity contribution in [3.63, 3.8) is 0 Å². The van der Waals surface area contributed by atoms with E-state index in [-0.39, 0.29) is 18.3 Å². The van der Waals surface area contributed by atoms with E-state index in [1.54, 1.807) is 6.92 Å². The van der Waals surface area contributed by atoms with Gasteiger partial charge in [0.05, 0.1) is 11.4 Å². The molecule has 0 unspecified atom stereocenters. The third kappa shape index (κ3) is 3.96. The minimum Gasteiger partial charge on any atom is -0.481 e. The van der Waals surface area contributed by atoms with Crippen molar-refractivity contribution in [2.24, 2.45) is 0 Å². The average molecular weight is 347 g/mol. The molecule has 0 saturated heterocycles. The number of halogens is 1. The quantitative estimate of drug-likeness (QED) is 0.742. The Hall–Kier alpha value is -2.74. The Balaban J connectivity index is 1.52. The van der Waals surface area contributed by atoms with Crippen molar-refractivity contribution in [1.82, 2.24) is 15.5 Å². The first-order valence-corrected chi connectivity index (χ1v) is 8.06. The minimum absolute atomic E-state index is 0.105. The molecule has 0 radical (unpaired) electrons. The third-order valence-electron chi connectivity index (χ3n) is 3.12. The molecule has 0 fully saturated rings. The molecule has 0 bridgehead atoms. The van der Waals surface area contributed by atoms with Crippen molar-refractivity contribution in [3.05, 3.63) is 53.5 Å². The molecule has 6 nitrogen and oxygen atoms in total. The van der Waals surface area contributed by atoms with Crippen molar-refractivity contribution in [2.75, 3.05) is 0 Å². The van der Waals surface area contributed by atoms with E-state index in [0.717, 1.165) is 4.88 Å². The zero-order valence-corrected chi connectivity index (χ0v) is 13.5. The Morgan fingerprint density at radius 1 is 1.38 bits per heavy atom. The topological polar surface area (TPSA) is 77.2 Å². The molecule has 124 valence electrons. The number of nitrogens with zero attached hydrogens (tertiary/aromatic N) is 2. The third-order valence-corrected chi connectivity index (χ3v) is 3.99. The van der Waals surface area contributed by atoms with E-state index in [2.05, 4.69) is 15.5 Å². The number of aromatic nitrogens is 2. The Labute approximate surface area is 141 Å². The molecule has 0 saturated carbocycles. The summed E-state index contributed by atoms with van der Waals surface area (Å²) < 4.78 is 23.4. The van der Waals surface area contributed by atoms with E-state index in [0.29, 0.717) is 17.5 Å². The van der Waals surface area contributed by atoms with Crippen LogP contribution >= 0.6 is 11.3 Å². The Bertz CT molecular complexity index is 802. The van der Waals surface area contributed by atoms with E-state index in [1.165, 1.54) is 35.6 Å². The predicted molar refractivity (Wildman–Crippen MR) is 85.9 cm³/mol. The Kier molecular flexibility index (Phi) is 4.85. The van der Waals surface area contributed by atoms with Crippen LogP contribution in [0.2, 0.25) is 0 Å². The van der Waals surface area contributed by atoms with Crippen LogP contribution in [0.25, 0.3) is 10.7 Å². The van der Waals surface area contributed by atoms with E-state index in [4.69, 9.17) is 9.26 Å². The van der Waals surface area contributed by atoms with Crippen LogP contribution in [-0.4, -0.2) is 22.2 Å². The fourth-order valence-electron chi connectivity index (χ4n) is 1.91. The fourth-order valence-corrected chi connectivity index (χ4v) is 2.56. The van der Waals surface area contributed by atoms with Crippen molar-refractivity contribution >= 4 is 17.2 Å². The summed E-state index contributed by atoms with van der Waals surface area (Å²) >= 11 is 1.50. The summed E-state index contributed by atoms with van der Waals surface area (Å²) in [6.45, 7) is 1.71. The Morgan fingerprint density at radius 2 is 2.17 bits per heavy atom. The van der Waals surface area contributed by atoms with Gasteiger partial charge in [0.25, 0.3) is 5.91 Å². The van der Waals surface area contributed by atoms with Gasteiger partial charge in [0, 0.05) is 0 Å². The van der Waals surface area contributed by atoms with Crippen LogP contribution in [0.5, 0.6) is 5.75 Å². The molecule has 24 heavy (non-hydrogen) atoms. The smallest absolute Gasteiger partial charge is 0.261 e. The number of nitrogens with one attached hydrogen (secondary N) is 1. The lowest BCUT2D eigenvalue weighted by Gasteiger charge is -2.13. The maximum Gasteiger partial charge on any atom is 0.261 e. The zero-order valence-electron chi connectivity index (χ0n) is 12.7. The SMILES string of the molecule is C[C@H](Oc1ccc(F)cc1)C(=O)NCc1nc(-c2cccs2)no1.